The molecule has 2 saturated heterocycles. The molecule has 3 aliphatic rings. The van der Waals surface area contributed by atoms with Crippen molar-refractivity contribution in [3.63, 3.8) is 0 Å². The lowest BCUT2D eigenvalue weighted by atomic mass is 9.77. The van der Waals surface area contributed by atoms with Gasteiger partial charge in [-0.05, 0) is 92.7 Å². The number of benzene rings is 2. The number of carboxylic acid groups (broad SMARTS) is 1. The standard InChI is InChI=1S/C29H36F3NO3/c1-17-6-11-24(12-7-17)36-26-13-10-19-8-9-20(16-25(19)27(26)29(30,31)32)18(2)33-22-4-3-5-23(33)15-21(14-22)28(34)35/h8-10,13,16-18,21-24H,3-7,11-12,14-15H2,1-2H3,(H,34,35)/t17-,18-,21?,22?,23?,24+/m0/s1. The smallest absolute Gasteiger partial charge is 0.420 e. The van der Waals surface area contributed by atoms with Gasteiger partial charge in [0, 0.05) is 18.1 Å². The molecule has 0 aromatic heterocycles. The van der Waals surface area contributed by atoms with Crippen LogP contribution in [0.5, 0.6) is 5.75 Å². The van der Waals surface area contributed by atoms with E-state index >= 15 is 0 Å². The largest absolute Gasteiger partial charge is 0.490 e. The highest BCUT2D eigenvalue weighted by atomic mass is 19.4. The van der Waals surface area contributed by atoms with Gasteiger partial charge in [-0.2, -0.15) is 13.2 Å². The Balaban J connectivity index is 1.48. The number of aliphatic carboxylic acids is 1. The molecule has 196 valence electrons. The molecule has 3 atom stereocenters. The predicted octanol–water partition coefficient (Wildman–Crippen LogP) is 7.59. The summed E-state index contributed by atoms with van der Waals surface area (Å²) >= 11 is 0. The van der Waals surface area contributed by atoms with Crippen LogP contribution in [0.2, 0.25) is 0 Å². The van der Waals surface area contributed by atoms with Gasteiger partial charge in [-0.1, -0.05) is 31.5 Å². The lowest BCUT2D eigenvalue weighted by Gasteiger charge is -2.51. The minimum absolute atomic E-state index is 0.0708. The summed E-state index contributed by atoms with van der Waals surface area (Å²) in [4.78, 5) is 14.0. The maximum Gasteiger partial charge on any atom is 0.420 e. The Hall–Kier alpha value is -2.28. The van der Waals surface area contributed by atoms with Crippen molar-refractivity contribution < 1.29 is 27.8 Å². The fraction of sp³-hybridized carbons (Fsp3) is 0.621. The summed E-state index contributed by atoms with van der Waals surface area (Å²) in [6.07, 6.45) is 2.95. The zero-order chi connectivity index (χ0) is 25.6. The van der Waals surface area contributed by atoms with Gasteiger partial charge in [0.2, 0.25) is 0 Å². The quantitative estimate of drug-likeness (QED) is 0.457. The lowest BCUT2D eigenvalue weighted by molar-refractivity contribution is -0.147. The van der Waals surface area contributed by atoms with Gasteiger partial charge in [-0.25, -0.2) is 0 Å². The van der Waals surface area contributed by atoms with E-state index in [2.05, 4.69) is 11.8 Å². The molecule has 2 aliphatic heterocycles. The lowest BCUT2D eigenvalue weighted by Crippen LogP contribution is -2.53. The molecular formula is C29H36F3NO3. The van der Waals surface area contributed by atoms with Crippen LogP contribution in [0.4, 0.5) is 13.2 Å². The van der Waals surface area contributed by atoms with Gasteiger partial charge in [0.05, 0.1) is 12.0 Å². The second kappa shape index (κ2) is 9.88. The van der Waals surface area contributed by atoms with E-state index in [4.69, 9.17) is 4.74 Å². The Labute approximate surface area is 210 Å². The molecule has 0 radical (unpaired) electrons. The number of ether oxygens (including phenoxy) is 1. The first-order valence-electron chi connectivity index (χ1n) is 13.4. The molecular weight excluding hydrogens is 467 g/mol. The van der Waals surface area contributed by atoms with Crippen LogP contribution in [-0.4, -0.2) is 34.2 Å². The molecule has 2 unspecified atom stereocenters. The first-order chi connectivity index (χ1) is 17.1. The van der Waals surface area contributed by atoms with E-state index in [-0.39, 0.29) is 41.3 Å². The fourth-order valence-electron chi connectivity index (χ4n) is 6.92. The van der Waals surface area contributed by atoms with Crippen molar-refractivity contribution in [1.29, 1.82) is 0 Å². The van der Waals surface area contributed by atoms with Crippen molar-refractivity contribution in [1.82, 2.24) is 4.90 Å². The Morgan fingerprint density at radius 2 is 1.67 bits per heavy atom. The number of alkyl halides is 3. The molecule has 0 spiro atoms. The van der Waals surface area contributed by atoms with Crippen molar-refractivity contribution in [2.24, 2.45) is 11.8 Å². The molecule has 1 saturated carbocycles. The SMILES string of the molecule is C[C@@H](c1ccc2ccc(O[C@H]3CC[C@@H](C)CC3)c(C(F)(F)F)c2c1)N1C2CCCC1CC(C(=O)O)C2. The van der Waals surface area contributed by atoms with Gasteiger partial charge in [0.1, 0.15) is 11.3 Å². The van der Waals surface area contributed by atoms with Crippen molar-refractivity contribution >= 4 is 16.7 Å². The maximum atomic E-state index is 14.4. The van der Waals surface area contributed by atoms with Crippen LogP contribution < -0.4 is 4.74 Å². The molecule has 0 amide bonds. The molecule has 1 N–H and O–H groups in total. The molecule has 2 aromatic rings. The molecule has 2 bridgehead atoms. The van der Waals surface area contributed by atoms with E-state index < -0.39 is 17.7 Å². The van der Waals surface area contributed by atoms with Crippen molar-refractivity contribution in [2.75, 3.05) is 0 Å². The third-order valence-corrected chi connectivity index (χ3v) is 8.86. The highest BCUT2D eigenvalue weighted by Crippen LogP contribution is 2.45. The molecule has 4 nitrogen and oxygen atoms in total. The highest BCUT2D eigenvalue weighted by molar-refractivity contribution is 5.89. The number of hydrogen-bond donors (Lipinski definition) is 1. The number of nitrogens with zero attached hydrogens (tertiary/aromatic N) is 1. The Morgan fingerprint density at radius 3 is 2.28 bits per heavy atom. The number of carboxylic acids is 1. The topological polar surface area (TPSA) is 49.8 Å². The van der Waals surface area contributed by atoms with E-state index in [0.717, 1.165) is 50.5 Å². The summed E-state index contributed by atoms with van der Waals surface area (Å²) in [5.41, 5.74) is 0.153. The van der Waals surface area contributed by atoms with Crippen LogP contribution in [-0.2, 0) is 11.0 Å². The van der Waals surface area contributed by atoms with Crippen LogP contribution in [0.15, 0.2) is 30.3 Å². The second-order valence-electron chi connectivity index (χ2n) is 11.3. The maximum absolute atomic E-state index is 14.4. The summed E-state index contributed by atoms with van der Waals surface area (Å²) in [6, 6.07) is 8.81. The van der Waals surface area contributed by atoms with Crippen molar-refractivity contribution in [2.45, 2.75) is 102 Å². The van der Waals surface area contributed by atoms with Crippen LogP contribution in [0, 0.1) is 11.8 Å². The Morgan fingerprint density at radius 1 is 1.03 bits per heavy atom. The van der Waals surface area contributed by atoms with E-state index in [0.29, 0.717) is 24.1 Å². The number of fused-ring (bicyclic) bond motifs is 3. The minimum atomic E-state index is -4.53. The predicted molar refractivity (Wildman–Crippen MR) is 133 cm³/mol. The van der Waals surface area contributed by atoms with Gasteiger partial charge < -0.3 is 9.84 Å². The van der Waals surface area contributed by atoms with Crippen LogP contribution in [0.25, 0.3) is 10.8 Å². The Bertz CT molecular complexity index is 1090. The van der Waals surface area contributed by atoms with E-state index in [1.54, 1.807) is 18.2 Å². The van der Waals surface area contributed by atoms with Crippen LogP contribution >= 0.6 is 0 Å². The summed E-state index contributed by atoms with van der Waals surface area (Å²) in [5.74, 6) is -0.550. The highest BCUT2D eigenvalue weighted by Gasteiger charge is 2.43. The number of halogens is 3. The van der Waals surface area contributed by atoms with Gasteiger partial charge in [0.25, 0.3) is 0 Å². The number of hydrogen-bond acceptors (Lipinski definition) is 3. The van der Waals surface area contributed by atoms with E-state index in [1.165, 1.54) is 6.07 Å². The molecule has 3 fully saturated rings. The van der Waals surface area contributed by atoms with Gasteiger partial charge >= 0.3 is 12.1 Å². The monoisotopic (exact) mass is 503 g/mol. The van der Waals surface area contributed by atoms with Gasteiger partial charge in [0.15, 0.2) is 0 Å². The van der Waals surface area contributed by atoms with Crippen LogP contribution in [0.1, 0.15) is 88.8 Å². The zero-order valence-corrected chi connectivity index (χ0v) is 21.1. The summed E-state index contributed by atoms with van der Waals surface area (Å²) in [7, 11) is 0. The van der Waals surface area contributed by atoms with E-state index in [1.807, 2.05) is 13.0 Å². The van der Waals surface area contributed by atoms with Gasteiger partial charge in [-0.15, -0.1) is 0 Å². The Kier molecular flexibility index (Phi) is 6.96. The normalized spacial score (nSPS) is 30.2. The average molecular weight is 504 g/mol. The van der Waals surface area contributed by atoms with E-state index in [9.17, 15) is 23.1 Å². The average Bonchev–Trinajstić information content (AvgIpc) is 2.82. The van der Waals surface area contributed by atoms with Crippen LogP contribution in [0.3, 0.4) is 0 Å². The molecule has 2 aromatic carbocycles. The minimum Gasteiger partial charge on any atom is -0.490 e. The third kappa shape index (κ3) is 4.96. The first kappa shape index (κ1) is 25.4. The summed E-state index contributed by atoms with van der Waals surface area (Å²) in [5, 5.41) is 10.3. The zero-order valence-electron chi connectivity index (χ0n) is 21.1. The second-order valence-corrected chi connectivity index (χ2v) is 11.3. The number of carbonyl (C=O) groups is 1. The first-order valence-corrected chi connectivity index (χ1v) is 13.4. The molecule has 7 heteroatoms. The third-order valence-electron chi connectivity index (χ3n) is 8.86. The molecule has 1 aliphatic carbocycles. The number of rotatable bonds is 5. The van der Waals surface area contributed by atoms with Crippen molar-refractivity contribution in [3.8, 4) is 5.75 Å². The van der Waals surface area contributed by atoms with Crippen molar-refractivity contribution in [3.05, 3.63) is 41.5 Å². The fourth-order valence-corrected chi connectivity index (χ4v) is 6.92. The number of piperidine rings is 2. The summed E-state index contributed by atoms with van der Waals surface area (Å²) in [6.45, 7) is 4.22. The molecule has 36 heavy (non-hydrogen) atoms. The molecule has 2 heterocycles. The molecule has 5 rings (SSSR count). The van der Waals surface area contributed by atoms with Gasteiger partial charge in [-0.3, -0.25) is 9.69 Å². The summed E-state index contributed by atoms with van der Waals surface area (Å²) < 4.78 is 49.3.